The van der Waals surface area contributed by atoms with Gasteiger partial charge in [0.15, 0.2) is 0 Å². The first-order chi connectivity index (χ1) is 19.6. The van der Waals surface area contributed by atoms with Crippen molar-refractivity contribution in [3.05, 3.63) is 167 Å². The number of fused-ring (bicyclic) bond motifs is 2. The Hall–Kier alpha value is -4.61. The molecule has 5 aromatic carbocycles. The van der Waals surface area contributed by atoms with E-state index in [0.717, 1.165) is 44.4 Å². The van der Waals surface area contributed by atoms with Crippen LogP contribution in [0.1, 0.15) is 33.4 Å². The summed E-state index contributed by atoms with van der Waals surface area (Å²) in [5.41, 5.74) is 9.86. The predicted molar refractivity (Wildman–Crippen MR) is 168 cm³/mol. The molecule has 0 saturated heterocycles. The summed E-state index contributed by atoms with van der Waals surface area (Å²) < 4.78 is 0. The van der Waals surface area contributed by atoms with Gasteiger partial charge < -0.3 is 0 Å². The number of hydrogen-bond donors (Lipinski definition) is 0. The summed E-state index contributed by atoms with van der Waals surface area (Å²) in [6.07, 6.45) is 0. The molecule has 0 aliphatic carbocycles. The van der Waals surface area contributed by atoms with E-state index in [-0.39, 0.29) is 0 Å². The van der Waals surface area contributed by atoms with Gasteiger partial charge in [0.2, 0.25) is 4.99 Å². The van der Waals surface area contributed by atoms with Crippen molar-refractivity contribution in [2.24, 2.45) is 10.2 Å². The van der Waals surface area contributed by atoms with E-state index in [2.05, 4.69) is 139 Å². The quantitative estimate of drug-likeness (QED) is 0.231. The van der Waals surface area contributed by atoms with Crippen molar-refractivity contribution in [3.63, 3.8) is 0 Å². The predicted octanol–water partition coefficient (Wildman–Crippen LogP) is 8.30. The van der Waals surface area contributed by atoms with Gasteiger partial charge in [0, 0.05) is 22.3 Å². The lowest BCUT2D eigenvalue weighted by Crippen LogP contribution is -2.54. The van der Waals surface area contributed by atoms with Crippen molar-refractivity contribution in [2.75, 3.05) is 10.0 Å². The summed E-state index contributed by atoms with van der Waals surface area (Å²) in [6.45, 7) is 4.30. The fourth-order valence-electron chi connectivity index (χ4n) is 5.46. The Morgan fingerprint density at radius 1 is 0.575 bits per heavy atom. The van der Waals surface area contributed by atoms with E-state index in [1.54, 1.807) is 11.8 Å². The molecule has 0 aromatic heterocycles. The average Bonchev–Trinajstić information content (AvgIpc) is 3.41. The van der Waals surface area contributed by atoms with Gasteiger partial charge in [-0.05, 0) is 61.5 Å². The van der Waals surface area contributed by atoms with E-state index < -0.39 is 4.99 Å². The number of rotatable bonds is 4. The minimum absolute atomic E-state index is 0.786. The second-order valence-electron chi connectivity index (χ2n) is 10.1. The Labute approximate surface area is 239 Å². The molecule has 0 radical (unpaired) electrons. The van der Waals surface area contributed by atoms with Gasteiger partial charge in [0.05, 0.1) is 17.1 Å². The normalized spacial score (nSPS) is 17.9. The summed E-state index contributed by atoms with van der Waals surface area (Å²) in [5, 5.41) is 16.1. The molecule has 1 spiro atoms. The molecule has 40 heavy (non-hydrogen) atoms. The lowest BCUT2D eigenvalue weighted by Gasteiger charge is -2.47. The molecule has 5 heteroatoms. The average molecular weight is 537 g/mol. The highest BCUT2D eigenvalue weighted by Gasteiger charge is 2.55. The monoisotopic (exact) mass is 536 g/mol. The summed E-state index contributed by atoms with van der Waals surface area (Å²) in [6, 6.07) is 46.5. The molecule has 0 fully saturated rings. The van der Waals surface area contributed by atoms with Crippen LogP contribution < -0.4 is 10.0 Å². The first-order valence-corrected chi connectivity index (χ1v) is 14.3. The van der Waals surface area contributed by atoms with Crippen molar-refractivity contribution < 1.29 is 0 Å². The molecule has 0 saturated carbocycles. The maximum atomic E-state index is 5.52. The van der Waals surface area contributed by atoms with Gasteiger partial charge >= 0.3 is 0 Å². The third kappa shape index (κ3) is 3.93. The number of nitrogens with zero attached hydrogens (tertiary/aromatic N) is 4. The Bertz CT molecular complexity index is 1750. The smallest absolute Gasteiger partial charge is 0.223 e. The zero-order valence-corrected chi connectivity index (χ0v) is 23.2. The van der Waals surface area contributed by atoms with E-state index in [1.165, 1.54) is 11.1 Å². The minimum atomic E-state index is -0.786. The minimum Gasteiger partial charge on any atom is -0.223 e. The fourth-order valence-corrected chi connectivity index (χ4v) is 6.86. The van der Waals surface area contributed by atoms with Crippen LogP contribution in [0.25, 0.3) is 0 Å². The Kier molecular flexibility index (Phi) is 6.02. The van der Waals surface area contributed by atoms with Crippen LogP contribution in [0.2, 0.25) is 0 Å². The van der Waals surface area contributed by atoms with Crippen LogP contribution >= 0.6 is 11.8 Å². The molecule has 0 amide bonds. The number of thioether (sulfide) groups is 1. The van der Waals surface area contributed by atoms with Gasteiger partial charge in [-0.15, -0.1) is 0 Å². The largest absolute Gasteiger partial charge is 0.234 e. The molecule has 5 aromatic rings. The molecule has 4 nitrogen and oxygen atoms in total. The Balaban J connectivity index is 1.54. The van der Waals surface area contributed by atoms with E-state index in [1.807, 2.05) is 18.2 Å². The summed E-state index contributed by atoms with van der Waals surface area (Å²) in [5.74, 6) is 0. The third-order valence-electron chi connectivity index (χ3n) is 7.41. The van der Waals surface area contributed by atoms with Crippen LogP contribution in [-0.4, -0.2) is 10.8 Å². The molecule has 1 atom stereocenters. The fraction of sp³-hybridized carbons (Fsp3) is 0.0857. The van der Waals surface area contributed by atoms with Crippen LogP contribution in [0.3, 0.4) is 0 Å². The van der Waals surface area contributed by atoms with Gasteiger partial charge in [-0.25, -0.2) is 10.0 Å². The molecule has 7 rings (SSSR count). The maximum Gasteiger partial charge on any atom is 0.234 e. The molecular weight excluding hydrogens is 508 g/mol. The molecule has 2 aliphatic heterocycles. The van der Waals surface area contributed by atoms with Crippen molar-refractivity contribution in [2.45, 2.75) is 18.8 Å². The number of para-hydroxylation sites is 2. The van der Waals surface area contributed by atoms with Crippen LogP contribution in [0.4, 0.5) is 11.4 Å². The van der Waals surface area contributed by atoms with E-state index in [9.17, 15) is 0 Å². The van der Waals surface area contributed by atoms with Crippen LogP contribution in [0.5, 0.6) is 0 Å². The molecule has 0 N–H and O–H groups in total. The lowest BCUT2D eigenvalue weighted by molar-refractivity contribution is 0.550. The molecule has 2 heterocycles. The van der Waals surface area contributed by atoms with Crippen molar-refractivity contribution in [1.29, 1.82) is 0 Å². The van der Waals surface area contributed by atoms with Crippen molar-refractivity contribution in [3.8, 4) is 0 Å². The van der Waals surface area contributed by atoms with Gasteiger partial charge in [0.25, 0.3) is 0 Å². The molecule has 1 unspecified atom stereocenters. The van der Waals surface area contributed by atoms with Crippen LogP contribution in [0.15, 0.2) is 144 Å². The molecule has 2 aliphatic rings. The van der Waals surface area contributed by atoms with E-state index in [0.29, 0.717) is 0 Å². The highest BCUT2D eigenvalue weighted by Crippen LogP contribution is 2.55. The first kappa shape index (κ1) is 24.4. The Morgan fingerprint density at radius 2 is 1.15 bits per heavy atom. The van der Waals surface area contributed by atoms with E-state index in [4.69, 9.17) is 10.2 Å². The second kappa shape index (κ2) is 9.85. The molecule has 0 bridgehead atoms. The number of benzene rings is 5. The maximum absolute atomic E-state index is 5.52. The SMILES string of the molecule is Cc1ccc(C)c(C2=NN(c3ccccc3)C3(SC(c4ccccc4)=NN3c3ccccc3)c3ccccc32)c1. The number of hydrogen-bond acceptors (Lipinski definition) is 5. The second-order valence-corrected chi connectivity index (χ2v) is 11.2. The van der Waals surface area contributed by atoms with Crippen molar-refractivity contribution in [1.82, 2.24) is 0 Å². The van der Waals surface area contributed by atoms with Crippen LogP contribution in [0, 0.1) is 13.8 Å². The van der Waals surface area contributed by atoms with Crippen molar-refractivity contribution >= 4 is 33.9 Å². The first-order valence-electron chi connectivity index (χ1n) is 13.4. The Morgan fingerprint density at radius 3 is 1.82 bits per heavy atom. The van der Waals surface area contributed by atoms with Crippen LogP contribution in [-0.2, 0) is 4.99 Å². The number of anilines is 2. The van der Waals surface area contributed by atoms with Gasteiger partial charge in [0.1, 0.15) is 5.04 Å². The standard InChI is InChI=1S/C35H28N4S/c1-25-22-23-26(2)31(24-25)33-30-20-12-13-21-32(30)35(38(36-33)28-16-8-4-9-17-28)39(29-18-10-5-11-19-29)37-34(40-35)27-14-6-3-7-15-27/h3-24H,1-2H3. The zero-order chi connectivity index (χ0) is 27.1. The lowest BCUT2D eigenvalue weighted by atomic mass is 9.90. The van der Waals surface area contributed by atoms with Gasteiger partial charge in [-0.1, -0.05) is 109 Å². The van der Waals surface area contributed by atoms with Gasteiger partial charge in [-0.2, -0.15) is 10.2 Å². The number of aryl methyl sites for hydroxylation is 2. The molecule has 194 valence electrons. The van der Waals surface area contributed by atoms with Gasteiger partial charge in [-0.3, -0.25) is 0 Å². The summed E-state index contributed by atoms with van der Waals surface area (Å²) in [4.78, 5) is -0.786. The topological polar surface area (TPSA) is 31.2 Å². The highest BCUT2D eigenvalue weighted by atomic mass is 32.2. The number of hydrazone groups is 2. The summed E-state index contributed by atoms with van der Waals surface area (Å²) in [7, 11) is 0. The third-order valence-corrected chi connectivity index (χ3v) is 8.77. The summed E-state index contributed by atoms with van der Waals surface area (Å²) >= 11 is 1.73. The molecular formula is C35H28N4S. The van der Waals surface area contributed by atoms with E-state index >= 15 is 0 Å². The zero-order valence-electron chi connectivity index (χ0n) is 22.4. The highest BCUT2D eigenvalue weighted by molar-refractivity contribution is 8.15.